The van der Waals surface area contributed by atoms with Crippen LogP contribution in [0.4, 0.5) is 0 Å². The average Bonchev–Trinajstić information content (AvgIpc) is 2.62. The molecule has 2 aromatic carbocycles. The predicted octanol–water partition coefficient (Wildman–Crippen LogP) is 3.42. The van der Waals surface area contributed by atoms with Gasteiger partial charge in [0.25, 0.3) is 0 Å². The van der Waals surface area contributed by atoms with Gasteiger partial charge in [-0.3, -0.25) is 4.79 Å². The molecule has 1 saturated heterocycles. The van der Waals surface area contributed by atoms with E-state index in [0.717, 1.165) is 11.1 Å². The van der Waals surface area contributed by atoms with E-state index in [2.05, 4.69) is 0 Å². The second-order valence-corrected chi connectivity index (χ2v) is 6.64. The van der Waals surface area contributed by atoms with Crippen molar-refractivity contribution in [3.8, 4) is 11.5 Å². The molecule has 5 nitrogen and oxygen atoms in total. The lowest BCUT2D eigenvalue weighted by molar-refractivity contribution is -0.150. The number of nitrogens with zero attached hydrogens (tertiary/aromatic N) is 1. The van der Waals surface area contributed by atoms with E-state index in [1.807, 2.05) is 24.3 Å². The van der Waals surface area contributed by atoms with Gasteiger partial charge in [0, 0.05) is 16.6 Å². The Hall–Kier alpha value is -1.95. The third-order valence-corrected chi connectivity index (χ3v) is 4.89. The zero-order valence-electron chi connectivity index (χ0n) is 13.8. The molecule has 3 rings (SSSR count). The summed E-state index contributed by atoms with van der Waals surface area (Å²) < 4.78 is 10.5. The number of carbonyl (C=O) groups is 1. The second-order valence-electron chi connectivity index (χ2n) is 5.79. The van der Waals surface area contributed by atoms with Crippen molar-refractivity contribution < 1.29 is 14.3 Å². The van der Waals surface area contributed by atoms with Gasteiger partial charge in [-0.2, -0.15) is 0 Å². The largest absolute Gasteiger partial charge is 0.493 e. The molecule has 1 amide bonds. The highest BCUT2D eigenvalue weighted by Crippen LogP contribution is 2.40. The molecule has 0 bridgehead atoms. The summed E-state index contributed by atoms with van der Waals surface area (Å²) in [6.07, 6.45) is 0. The molecule has 0 aliphatic carbocycles. The van der Waals surface area contributed by atoms with Crippen molar-refractivity contribution in [2.75, 3.05) is 14.2 Å². The fraction of sp³-hybridized carbons (Fsp3) is 0.278. The lowest BCUT2D eigenvalue weighted by atomic mass is 9.88. The molecule has 2 atom stereocenters. The van der Waals surface area contributed by atoms with Gasteiger partial charge in [-0.05, 0) is 35.4 Å². The smallest absolute Gasteiger partial charge is 0.242 e. The van der Waals surface area contributed by atoms with Crippen LogP contribution in [0, 0.1) is 0 Å². The Morgan fingerprint density at radius 2 is 1.80 bits per heavy atom. The minimum Gasteiger partial charge on any atom is -0.493 e. The number of hydrogen-bond acceptors (Lipinski definition) is 4. The number of ether oxygens (including phenoxy) is 2. The first-order valence-corrected chi connectivity index (χ1v) is 8.43. The molecule has 132 valence electrons. The monoisotopic (exact) mass is 380 g/mol. The Bertz CT molecular complexity index is 813. The van der Waals surface area contributed by atoms with E-state index in [-0.39, 0.29) is 11.9 Å². The number of rotatable bonds is 5. The molecule has 0 spiro atoms. The van der Waals surface area contributed by atoms with E-state index in [1.54, 1.807) is 31.3 Å². The van der Waals surface area contributed by atoms with Crippen molar-refractivity contribution in [1.29, 1.82) is 0 Å². The molecule has 0 radical (unpaired) electrons. The van der Waals surface area contributed by atoms with Crippen molar-refractivity contribution in [3.63, 3.8) is 0 Å². The molecule has 0 unspecified atom stereocenters. The summed E-state index contributed by atoms with van der Waals surface area (Å²) in [6, 6.07) is 9.85. The summed E-state index contributed by atoms with van der Waals surface area (Å²) in [5.74, 6) is 1.12. The Morgan fingerprint density at radius 1 is 1.08 bits per heavy atom. The maximum Gasteiger partial charge on any atom is 0.242 e. The highest BCUT2D eigenvalue weighted by atomic mass is 35.5. The summed E-state index contributed by atoms with van der Waals surface area (Å²) in [7, 11) is 3.15. The lowest BCUT2D eigenvalue weighted by Gasteiger charge is -2.46. The van der Waals surface area contributed by atoms with Crippen molar-refractivity contribution in [1.82, 2.24) is 4.90 Å². The van der Waals surface area contributed by atoms with Crippen LogP contribution in [-0.4, -0.2) is 31.1 Å². The van der Waals surface area contributed by atoms with Crippen LogP contribution in [0.2, 0.25) is 10.0 Å². The molecule has 0 saturated carbocycles. The van der Waals surface area contributed by atoms with E-state index in [4.69, 9.17) is 38.4 Å². The van der Waals surface area contributed by atoms with Crippen molar-refractivity contribution >= 4 is 29.1 Å². The number of halogens is 2. The van der Waals surface area contributed by atoms with Crippen LogP contribution in [0.15, 0.2) is 36.4 Å². The van der Waals surface area contributed by atoms with E-state index in [1.165, 1.54) is 0 Å². The summed E-state index contributed by atoms with van der Waals surface area (Å²) in [6.45, 7) is 0.399. The Kier molecular flexibility index (Phi) is 5.08. The molecule has 25 heavy (non-hydrogen) atoms. The molecule has 7 heteroatoms. The van der Waals surface area contributed by atoms with Crippen LogP contribution in [0.5, 0.6) is 11.5 Å². The molecule has 0 aromatic heterocycles. The standard InChI is InChI=1S/C18H18Cl2N2O3/c1-24-14-6-3-10(7-15(14)25-2)9-22-17(16(21)18(22)23)12-5-4-11(19)8-13(12)20/h3-8,16-17H,9,21H2,1-2H3/t16-,17+/m1/s1. The molecule has 1 heterocycles. The van der Waals surface area contributed by atoms with Gasteiger partial charge < -0.3 is 20.1 Å². The molecule has 2 N–H and O–H groups in total. The number of carbonyl (C=O) groups excluding carboxylic acids is 1. The van der Waals surface area contributed by atoms with Crippen molar-refractivity contribution in [2.24, 2.45) is 5.73 Å². The van der Waals surface area contributed by atoms with Gasteiger partial charge >= 0.3 is 0 Å². The minimum absolute atomic E-state index is 0.120. The number of amides is 1. The summed E-state index contributed by atoms with van der Waals surface area (Å²) in [5.41, 5.74) is 7.72. The van der Waals surface area contributed by atoms with Crippen LogP contribution < -0.4 is 15.2 Å². The van der Waals surface area contributed by atoms with Crippen LogP contribution in [0.25, 0.3) is 0 Å². The number of likely N-dealkylation sites (tertiary alicyclic amines) is 1. The zero-order chi connectivity index (χ0) is 18.1. The topological polar surface area (TPSA) is 64.8 Å². The number of β-lactam (4-membered cyclic amide) rings is 1. The van der Waals surface area contributed by atoms with Crippen molar-refractivity contribution in [3.05, 3.63) is 57.6 Å². The van der Waals surface area contributed by atoms with E-state index in [9.17, 15) is 4.79 Å². The highest BCUT2D eigenvalue weighted by molar-refractivity contribution is 6.35. The van der Waals surface area contributed by atoms with E-state index < -0.39 is 6.04 Å². The van der Waals surface area contributed by atoms with Gasteiger partial charge in [-0.15, -0.1) is 0 Å². The third-order valence-electron chi connectivity index (χ3n) is 4.33. The predicted molar refractivity (Wildman–Crippen MR) is 97.3 cm³/mol. The number of benzene rings is 2. The highest BCUT2D eigenvalue weighted by Gasteiger charge is 2.46. The zero-order valence-corrected chi connectivity index (χ0v) is 15.3. The van der Waals surface area contributed by atoms with Gasteiger partial charge in [-0.1, -0.05) is 35.3 Å². The van der Waals surface area contributed by atoms with Gasteiger partial charge in [0.2, 0.25) is 5.91 Å². The summed E-state index contributed by atoms with van der Waals surface area (Å²) >= 11 is 12.2. The number of hydrogen-bond donors (Lipinski definition) is 1. The minimum atomic E-state index is -0.612. The third kappa shape index (κ3) is 3.27. The number of nitrogens with two attached hydrogens (primary N) is 1. The first kappa shape index (κ1) is 17.9. The fourth-order valence-corrected chi connectivity index (χ4v) is 3.55. The number of methoxy groups -OCH3 is 2. The summed E-state index contributed by atoms with van der Waals surface area (Å²) in [4.78, 5) is 14.0. The van der Waals surface area contributed by atoms with Gasteiger partial charge in [0.1, 0.15) is 6.04 Å². The average molecular weight is 381 g/mol. The van der Waals surface area contributed by atoms with Crippen LogP contribution in [-0.2, 0) is 11.3 Å². The lowest BCUT2D eigenvalue weighted by Crippen LogP contribution is -2.62. The normalized spacial score (nSPS) is 19.6. The molecular formula is C18H18Cl2N2O3. The maximum absolute atomic E-state index is 12.3. The molecule has 1 aliphatic heterocycles. The van der Waals surface area contributed by atoms with Gasteiger partial charge in [-0.25, -0.2) is 0 Å². The molecular weight excluding hydrogens is 363 g/mol. The Labute approximate surface area is 156 Å². The Balaban J connectivity index is 1.87. The fourth-order valence-electron chi connectivity index (χ4n) is 3.03. The summed E-state index contributed by atoms with van der Waals surface area (Å²) in [5, 5.41) is 1.04. The van der Waals surface area contributed by atoms with Crippen molar-refractivity contribution in [2.45, 2.75) is 18.6 Å². The van der Waals surface area contributed by atoms with E-state index in [0.29, 0.717) is 28.1 Å². The van der Waals surface area contributed by atoms with Crippen LogP contribution >= 0.6 is 23.2 Å². The molecule has 1 fully saturated rings. The first-order chi connectivity index (χ1) is 12.0. The first-order valence-electron chi connectivity index (χ1n) is 7.68. The van der Waals surface area contributed by atoms with Gasteiger partial charge in [0.05, 0.1) is 20.3 Å². The molecule has 1 aliphatic rings. The van der Waals surface area contributed by atoms with Crippen LogP contribution in [0.1, 0.15) is 17.2 Å². The second kappa shape index (κ2) is 7.12. The quantitative estimate of drug-likeness (QED) is 0.807. The molecule has 2 aromatic rings. The van der Waals surface area contributed by atoms with Crippen LogP contribution in [0.3, 0.4) is 0 Å². The SMILES string of the molecule is COc1ccc(CN2C(=O)[C@H](N)[C@@H]2c2ccc(Cl)cc2Cl)cc1OC. The van der Waals surface area contributed by atoms with E-state index >= 15 is 0 Å². The maximum atomic E-state index is 12.3. The van der Waals surface area contributed by atoms with Gasteiger partial charge in [0.15, 0.2) is 11.5 Å². The Morgan fingerprint density at radius 3 is 2.44 bits per heavy atom.